The van der Waals surface area contributed by atoms with Crippen molar-refractivity contribution in [1.82, 2.24) is 19.3 Å². The van der Waals surface area contributed by atoms with Gasteiger partial charge in [-0.1, -0.05) is 18.2 Å². The summed E-state index contributed by atoms with van der Waals surface area (Å²) in [6.07, 6.45) is 3.93. The molecule has 1 amide bonds. The second-order valence-corrected chi connectivity index (χ2v) is 7.04. The monoisotopic (exact) mass is 393 g/mol. The number of fused-ring (bicyclic) bond motifs is 1. The van der Waals surface area contributed by atoms with Crippen molar-refractivity contribution in [3.63, 3.8) is 0 Å². The van der Waals surface area contributed by atoms with E-state index in [2.05, 4.69) is 15.4 Å². The van der Waals surface area contributed by atoms with E-state index in [4.69, 9.17) is 0 Å². The number of amides is 1. The highest BCUT2D eigenvalue weighted by molar-refractivity contribution is 6.04. The summed E-state index contributed by atoms with van der Waals surface area (Å²) in [6, 6.07) is 25.0. The van der Waals surface area contributed by atoms with Gasteiger partial charge in [0.2, 0.25) is 0 Å². The molecule has 0 radical (unpaired) electrons. The maximum atomic E-state index is 12.8. The van der Waals surface area contributed by atoms with Crippen LogP contribution in [0.1, 0.15) is 16.1 Å². The van der Waals surface area contributed by atoms with Crippen LogP contribution in [0.25, 0.3) is 22.4 Å². The van der Waals surface area contributed by atoms with Crippen LogP contribution < -0.4 is 5.32 Å². The number of carbonyl (C=O) groups excluding carboxylic acids is 1. The van der Waals surface area contributed by atoms with Crippen molar-refractivity contribution < 1.29 is 4.79 Å². The molecule has 146 valence electrons. The second kappa shape index (κ2) is 7.33. The number of nitrogens with one attached hydrogen (secondary N) is 1. The molecule has 3 aromatic heterocycles. The molecule has 6 nitrogen and oxygen atoms in total. The summed E-state index contributed by atoms with van der Waals surface area (Å²) in [5.74, 6) is 1.03. The van der Waals surface area contributed by atoms with Crippen LogP contribution in [0, 0.1) is 6.92 Å². The fourth-order valence-electron chi connectivity index (χ4n) is 3.42. The van der Waals surface area contributed by atoms with E-state index >= 15 is 0 Å². The zero-order chi connectivity index (χ0) is 20.5. The first-order valence-corrected chi connectivity index (χ1v) is 9.65. The number of nitrogens with zero attached hydrogens (tertiary/aromatic N) is 4. The van der Waals surface area contributed by atoms with E-state index in [0.717, 1.165) is 22.3 Å². The van der Waals surface area contributed by atoms with Crippen LogP contribution in [-0.2, 0) is 0 Å². The van der Waals surface area contributed by atoms with Gasteiger partial charge in [-0.2, -0.15) is 9.78 Å². The Kier molecular flexibility index (Phi) is 4.37. The predicted octanol–water partition coefficient (Wildman–Crippen LogP) is 4.77. The Hall–Kier alpha value is -4.19. The highest BCUT2D eigenvalue weighted by Crippen LogP contribution is 2.20. The molecule has 0 spiro atoms. The first-order chi connectivity index (χ1) is 14.7. The van der Waals surface area contributed by atoms with Crippen LogP contribution in [0.4, 0.5) is 5.82 Å². The van der Waals surface area contributed by atoms with Crippen LogP contribution in [0.5, 0.6) is 0 Å². The maximum Gasteiger partial charge on any atom is 0.256 e. The van der Waals surface area contributed by atoms with Crippen LogP contribution in [0.15, 0.2) is 91.3 Å². The number of carbonyl (C=O) groups is 1. The molecule has 5 rings (SSSR count). The number of hydrogen-bond acceptors (Lipinski definition) is 3. The summed E-state index contributed by atoms with van der Waals surface area (Å²) in [4.78, 5) is 17.5. The molecule has 0 aliphatic carbocycles. The molecule has 2 aromatic carbocycles. The number of anilines is 1. The summed E-state index contributed by atoms with van der Waals surface area (Å²) >= 11 is 0. The number of hydrogen-bond donors (Lipinski definition) is 1. The van der Waals surface area contributed by atoms with E-state index < -0.39 is 0 Å². The normalized spacial score (nSPS) is 11.0. The molecule has 1 N–H and O–H groups in total. The minimum atomic E-state index is -0.198. The molecule has 0 fully saturated rings. The van der Waals surface area contributed by atoms with Gasteiger partial charge in [0, 0.05) is 35.1 Å². The zero-order valence-corrected chi connectivity index (χ0v) is 16.4. The Morgan fingerprint density at radius 3 is 2.47 bits per heavy atom. The van der Waals surface area contributed by atoms with Crippen molar-refractivity contribution in [1.29, 1.82) is 0 Å². The third-order valence-electron chi connectivity index (χ3n) is 4.91. The Balaban J connectivity index is 1.43. The van der Waals surface area contributed by atoms with Crippen molar-refractivity contribution in [3.8, 4) is 11.5 Å². The number of aromatic nitrogens is 4. The van der Waals surface area contributed by atoms with Gasteiger partial charge in [-0.05, 0) is 61.5 Å². The molecular weight excluding hydrogens is 374 g/mol. The standard InChI is InChI=1S/C24H19N5O/c1-17-16-23(29(27-17)22-13-10-18-6-2-3-7-21(18)25-22)26-24(30)19-8-11-20(12-9-19)28-14-4-5-15-28/h2-16H,1H3,(H,26,30). The average Bonchev–Trinajstić information content (AvgIpc) is 3.43. The predicted molar refractivity (Wildman–Crippen MR) is 117 cm³/mol. The fourth-order valence-corrected chi connectivity index (χ4v) is 3.42. The van der Waals surface area contributed by atoms with Crippen LogP contribution >= 0.6 is 0 Å². The van der Waals surface area contributed by atoms with E-state index in [1.54, 1.807) is 4.68 Å². The molecule has 0 saturated heterocycles. The molecule has 30 heavy (non-hydrogen) atoms. The van der Waals surface area contributed by atoms with Gasteiger partial charge < -0.3 is 9.88 Å². The first kappa shape index (κ1) is 17.9. The van der Waals surface area contributed by atoms with Gasteiger partial charge in [-0.15, -0.1) is 0 Å². The highest BCUT2D eigenvalue weighted by Gasteiger charge is 2.14. The summed E-state index contributed by atoms with van der Waals surface area (Å²) in [5.41, 5.74) is 3.24. The minimum Gasteiger partial charge on any atom is -0.324 e. The third-order valence-corrected chi connectivity index (χ3v) is 4.91. The Morgan fingerprint density at radius 2 is 1.67 bits per heavy atom. The quantitative estimate of drug-likeness (QED) is 0.478. The Bertz CT molecular complexity index is 1330. The molecule has 0 bridgehead atoms. The topological polar surface area (TPSA) is 64.7 Å². The van der Waals surface area contributed by atoms with E-state index in [1.807, 2.05) is 103 Å². The van der Waals surface area contributed by atoms with Gasteiger partial charge in [-0.25, -0.2) is 4.98 Å². The number of rotatable bonds is 4. The molecule has 3 heterocycles. The molecule has 0 aliphatic rings. The van der Waals surface area contributed by atoms with Crippen molar-refractivity contribution in [3.05, 3.63) is 103 Å². The molecule has 6 heteroatoms. The lowest BCUT2D eigenvalue weighted by atomic mass is 10.2. The zero-order valence-electron chi connectivity index (χ0n) is 16.4. The largest absolute Gasteiger partial charge is 0.324 e. The minimum absolute atomic E-state index is 0.198. The lowest BCUT2D eigenvalue weighted by molar-refractivity contribution is 0.102. The number of pyridine rings is 1. The fraction of sp³-hybridized carbons (Fsp3) is 0.0417. The molecule has 0 aliphatic heterocycles. The third kappa shape index (κ3) is 3.35. The van der Waals surface area contributed by atoms with Crippen molar-refractivity contribution in [2.75, 3.05) is 5.32 Å². The summed E-state index contributed by atoms with van der Waals surface area (Å²) in [7, 11) is 0. The maximum absolute atomic E-state index is 12.8. The highest BCUT2D eigenvalue weighted by atomic mass is 16.1. The number of benzene rings is 2. The van der Waals surface area contributed by atoms with Crippen LogP contribution in [0.3, 0.4) is 0 Å². The van der Waals surface area contributed by atoms with Crippen molar-refractivity contribution in [2.24, 2.45) is 0 Å². The van der Waals surface area contributed by atoms with Gasteiger partial charge in [0.25, 0.3) is 5.91 Å². The van der Waals surface area contributed by atoms with Crippen molar-refractivity contribution >= 4 is 22.6 Å². The summed E-state index contributed by atoms with van der Waals surface area (Å²) in [5, 5.41) is 8.54. The lowest BCUT2D eigenvalue weighted by Gasteiger charge is -2.10. The molecule has 0 atom stereocenters. The van der Waals surface area contributed by atoms with E-state index in [1.165, 1.54) is 0 Å². The lowest BCUT2D eigenvalue weighted by Crippen LogP contribution is -2.15. The number of aryl methyl sites for hydroxylation is 1. The van der Waals surface area contributed by atoms with Crippen LogP contribution in [-0.4, -0.2) is 25.2 Å². The molecule has 0 saturated carbocycles. The second-order valence-electron chi connectivity index (χ2n) is 7.04. The first-order valence-electron chi connectivity index (χ1n) is 9.65. The van der Waals surface area contributed by atoms with Gasteiger partial charge >= 0.3 is 0 Å². The average molecular weight is 393 g/mol. The molecular formula is C24H19N5O. The van der Waals surface area contributed by atoms with Crippen molar-refractivity contribution in [2.45, 2.75) is 6.92 Å². The Morgan fingerprint density at radius 1 is 0.900 bits per heavy atom. The van der Waals surface area contributed by atoms with Gasteiger partial charge in [-0.3, -0.25) is 4.79 Å². The van der Waals surface area contributed by atoms with Gasteiger partial charge in [0.15, 0.2) is 5.82 Å². The Labute approximate surface area is 173 Å². The van der Waals surface area contributed by atoms with Gasteiger partial charge in [0.05, 0.1) is 11.2 Å². The molecule has 5 aromatic rings. The van der Waals surface area contributed by atoms with E-state index in [0.29, 0.717) is 17.2 Å². The van der Waals surface area contributed by atoms with E-state index in [9.17, 15) is 4.79 Å². The van der Waals surface area contributed by atoms with E-state index in [-0.39, 0.29) is 5.91 Å². The smallest absolute Gasteiger partial charge is 0.256 e. The van der Waals surface area contributed by atoms with Gasteiger partial charge in [0.1, 0.15) is 5.82 Å². The summed E-state index contributed by atoms with van der Waals surface area (Å²) < 4.78 is 3.65. The van der Waals surface area contributed by atoms with Crippen LogP contribution in [0.2, 0.25) is 0 Å². The molecule has 0 unspecified atom stereocenters. The summed E-state index contributed by atoms with van der Waals surface area (Å²) in [6.45, 7) is 1.89. The SMILES string of the molecule is Cc1cc(NC(=O)c2ccc(-n3cccc3)cc2)n(-c2ccc3ccccc3n2)n1. The number of para-hydroxylation sites is 1.